The number of hydrogen-bond acceptors (Lipinski definition) is 6. The maximum Gasteiger partial charge on any atom is 0.327 e. The maximum atomic E-state index is 11.7. The molecule has 1 unspecified atom stereocenters. The molecule has 0 spiro atoms. The zero-order valence-electron chi connectivity index (χ0n) is 12.6. The van der Waals surface area contributed by atoms with Crippen LogP contribution in [-0.4, -0.2) is 41.4 Å². The van der Waals surface area contributed by atoms with Gasteiger partial charge in [0.05, 0.1) is 6.42 Å². The van der Waals surface area contributed by atoms with E-state index in [0.717, 1.165) is 0 Å². The van der Waals surface area contributed by atoms with Gasteiger partial charge < -0.3 is 9.47 Å². The highest BCUT2D eigenvalue weighted by atomic mass is 32.2. The summed E-state index contributed by atoms with van der Waals surface area (Å²) in [4.78, 5) is 23.3. The van der Waals surface area contributed by atoms with Crippen LogP contribution in [0.25, 0.3) is 0 Å². The molecule has 0 radical (unpaired) electrons. The Bertz CT molecular complexity index is 465. The Morgan fingerprint density at radius 3 is 1.70 bits per heavy atom. The molecule has 0 amide bonds. The summed E-state index contributed by atoms with van der Waals surface area (Å²) >= 11 is 0. The Kier molecular flexibility index (Phi) is 5.74. The van der Waals surface area contributed by atoms with E-state index in [1.807, 2.05) is 0 Å². The molecule has 0 bridgehead atoms. The van der Waals surface area contributed by atoms with E-state index in [2.05, 4.69) is 0 Å². The van der Waals surface area contributed by atoms with Gasteiger partial charge in [0.25, 0.3) is 10.1 Å². The summed E-state index contributed by atoms with van der Waals surface area (Å²) in [7, 11) is -4.76. The topological polar surface area (TPSA) is 107 Å². The van der Waals surface area contributed by atoms with E-state index in [4.69, 9.17) is 14.0 Å². The van der Waals surface area contributed by atoms with E-state index in [1.54, 1.807) is 41.5 Å². The zero-order valence-corrected chi connectivity index (χ0v) is 13.4. The Hall–Kier alpha value is -1.15. The maximum absolute atomic E-state index is 11.7. The third kappa shape index (κ3) is 8.11. The Balaban J connectivity index is 5.03. The molecule has 1 N–H and O–H groups in total. The van der Waals surface area contributed by atoms with Gasteiger partial charge in [-0.25, -0.2) is 0 Å². The zero-order chi connectivity index (χ0) is 16.4. The lowest BCUT2D eigenvalue weighted by molar-refractivity contribution is -0.161. The summed E-state index contributed by atoms with van der Waals surface area (Å²) in [5.74, 6) is -2.10. The molecule has 7 nitrogen and oxygen atoms in total. The van der Waals surface area contributed by atoms with Crippen LogP contribution >= 0.6 is 0 Å². The molecule has 0 aliphatic carbocycles. The molecule has 118 valence electrons. The standard InChI is InChI=1S/C12H22O7S/c1-11(2,3)18-9(13)7-8(20(15,16)17)10(14)19-12(4,5)6/h8H,7H2,1-6H3,(H,15,16,17). The van der Waals surface area contributed by atoms with Gasteiger partial charge in [-0.05, 0) is 41.5 Å². The second-order valence-corrected chi connectivity index (χ2v) is 7.93. The van der Waals surface area contributed by atoms with E-state index >= 15 is 0 Å². The van der Waals surface area contributed by atoms with E-state index in [1.165, 1.54) is 0 Å². The fourth-order valence-electron chi connectivity index (χ4n) is 1.21. The van der Waals surface area contributed by atoms with Crippen molar-refractivity contribution in [2.45, 2.75) is 64.4 Å². The summed E-state index contributed by atoms with van der Waals surface area (Å²) in [5, 5.41) is -1.99. The monoisotopic (exact) mass is 310 g/mol. The van der Waals surface area contributed by atoms with Crippen LogP contribution in [0.4, 0.5) is 0 Å². The van der Waals surface area contributed by atoms with Gasteiger partial charge in [0, 0.05) is 0 Å². The first-order valence-electron chi connectivity index (χ1n) is 6.03. The molecule has 0 heterocycles. The summed E-state index contributed by atoms with van der Waals surface area (Å²) in [6, 6.07) is 0. The Morgan fingerprint density at radius 2 is 1.40 bits per heavy atom. The van der Waals surface area contributed by atoms with Gasteiger partial charge in [-0.2, -0.15) is 8.42 Å². The highest BCUT2D eigenvalue weighted by Gasteiger charge is 2.38. The van der Waals surface area contributed by atoms with Crippen LogP contribution in [0.1, 0.15) is 48.0 Å². The highest BCUT2D eigenvalue weighted by Crippen LogP contribution is 2.16. The first-order chi connectivity index (χ1) is 8.62. The van der Waals surface area contributed by atoms with Crippen molar-refractivity contribution >= 4 is 22.1 Å². The Labute approximate surface area is 119 Å². The lowest BCUT2D eigenvalue weighted by Gasteiger charge is -2.24. The number of ether oxygens (including phenoxy) is 2. The summed E-state index contributed by atoms with van der Waals surface area (Å²) in [5.41, 5.74) is -1.76. The van der Waals surface area contributed by atoms with Gasteiger partial charge in [-0.3, -0.25) is 14.1 Å². The summed E-state index contributed by atoms with van der Waals surface area (Å²) in [6.07, 6.45) is -0.801. The quantitative estimate of drug-likeness (QED) is 0.616. The third-order valence-electron chi connectivity index (χ3n) is 1.80. The smallest absolute Gasteiger partial charge is 0.327 e. The normalized spacial score (nSPS) is 14.6. The average Bonchev–Trinajstić information content (AvgIpc) is 2.05. The van der Waals surface area contributed by atoms with Gasteiger partial charge in [-0.1, -0.05) is 0 Å². The number of esters is 2. The molecule has 0 aromatic carbocycles. The minimum atomic E-state index is -4.76. The molecule has 0 aromatic rings. The summed E-state index contributed by atoms with van der Waals surface area (Å²) in [6.45, 7) is 9.42. The van der Waals surface area contributed by atoms with Gasteiger partial charge in [-0.15, -0.1) is 0 Å². The highest BCUT2D eigenvalue weighted by molar-refractivity contribution is 7.87. The van der Waals surface area contributed by atoms with Crippen molar-refractivity contribution in [2.75, 3.05) is 0 Å². The Morgan fingerprint density at radius 1 is 1.00 bits per heavy atom. The minimum Gasteiger partial charge on any atom is -0.460 e. The molecule has 20 heavy (non-hydrogen) atoms. The predicted octanol–water partition coefficient (Wildman–Crippen LogP) is 1.32. The predicted molar refractivity (Wildman–Crippen MR) is 71.6 cm³/mol. The van der Waals surface area contributed by atoms with Gasteiger partial charge in [0.1, 0.15) is 11.2 Å². The van der Waals surface area contributed by atoms with Crippen molar-refractivity contribution in [3.8, 4) is 0 Å². The molecule has 0 fully saturated rings. The number of carbonyl (C=O) groups is 2. The van der Waals surface area contributed by atoms with E-state index < -0.39 is 44.9 Å². The number of carbonyl (C=O) groups excluding carboxylic acids is 2. The van der Waals surface area contributed by atoms with Crippen LogP contribution in [0.5, 0.6) is 0 Å². The van der Waals surface area contributed by atoms with Crippen molar-refractivity contribution in [1.29, 1.82) is 0 Å². The SMILES string of the molecule is CC(C)(C)OC(=O)CC(C(=O)OC(C)(C)C)S(=O)(=O)O. The lowest BCUT2D eigenvalue weighted by atomic mass is 10.2. The van der Waals surface area contributed by atoms with E-state index in [0.29, 0.717) is 0 Å². The van der Waals surface area contributed by atoms with Crippen LogP contribution in [0, 0.1) is 0 Å². The van der Waals surface area contributed by atoms with E-state index in [9.17, 15) is 18.0 Å². The second-order valence-electron chi connectivity index (χ2n) is 6.33. The third-order valence-corrected chi connectivity index (χ3v) is 2.88. The lowest BCUT2D eigenvalue weighted by Crippen LogP contribution is -2.39. The van der Waals surface area contributed by atoms with Crippen molar-refractivity contribution < 1.29 is 32.0 Å². The van der Waals surface area contributed by atoms with Crippen molar-refractivity contribution in [3.63, 3.8) is 0 Å². The molecule has 0 saturated carbocycles. The molecule has 8 heteroatoms. The molecule has 0 aliphatic heterocycles. The van der Waals surface area contributed by atoms with Crippen molar-refractivity contribution in [1.82, 2.24) is 0 Å². The van der Waals surface area contributed by atoms with Crippen molar-refractivity contribution in [2.24, 2.45) is 0 Å². The fourth-order valence-corrected chi connectivity index (χ4v) is 1.85. The molecule has 1 atom stereocenters. The number of rotatable bonds is 4. The van der Waals surface area contributed by atoms with Gasteiger partial charge in [0.2, 0.25) is 0 Å². The molecule has 0 saturated heterocycles. The molecule has 0 aliphatic rings. The first-order valence-corrected chi connectivity index (χ1v) is 7.53. The first kappa shape index (κ1) is 18.9. The minimum absolute atomic E-state index is 0.801. The fraction of sp³-hybridized carbons (Fsp3) is 0.833. The van der Waals surface area contributed by atoms with E-state index in [-0.39, 0.29) is 0 Å². The molecule has 0 rings (SSSR count). The van der Waals surface area contributed by atoms with Gasteiger partial charge >= 0.3 is 11.9 Å². The average molecular weight is 310 g/mol. The van der Waals surface area contributed by atoms with Crippen molar-refractivity contribution in [3.05, 3.63) is 0 Å². The number of hydrogen-bond donors (Lipinski definition) is 1. The van der Waals surface area contributed by atoms with Gasteiger partial charge in [0.15, 0.2) is 5.25 Å². The van der Waals surface area contributed by atoms with Crippen LogP contribution < -0.4 is 0 Å². The van der Waals surface area contributed by atoms with Crippen LogP contribution in [-0.2, 0) is 29.2 Å². The van der Waals surface area contributed by atoms with Crippen LogP contribution in [0.15, 0.2) is 0 Å². The summed E-state index contributed by atoms with van der Waals surface area (Å²) < 4.78 is 41.3. The largest absolute Gasteiger partial charge is 0.460 e. The second kappa shape index (κ2) is 6.09. The van der Waals surface area contributed by atoms with Crippen LogP contribution in [0.3, 0.4) is 0 Å². The molecular formula is C12H22O7S. The molecule has 0 aromatic heterocycles. The van der Waals surface area contributed by atoms with Crippen LogP contribution in [0.2, 0.25) is 0 Å². The molecular weight excluding hydrogens is 288 g/mol.